The Hall–Kier alpha value is -3.35. The van der Waals surface area contributed by atoms with Gasteiger partial charge in [-0.15, -0.1) is 0 Å². The van der Waals surface area contributed by atoms with Gasteiger partial charge in [0.05, 0.1) is 5.56 Å². The zero-order valence-electron chi connectivity index (χ0n) is 18.5. The molecule has 0 spiro atoms. The first-order valence-corrected chi connectivity index (χ1v) is 11.0. The number of rotatable bonds is 6. The van der Waals surface area contributed by atoms with E-state index >= 15 is 0 Å². The van der Waals surface area contributed by atoms with Gasteiger partial charge in [-0.1, -0.05) is 12.1 Å². The number of hydrogen-bond donors (Lipinski definition) is 1. The zero-order chi connectivity index (χ0) is 22.7. The lowest BCUT2D eigenvalue weighted by Crippen LogP contribution is -2.38. The zero-order valence-corrected chi connectivity index (χ0v) is 18.5. The molecule has 4 rings (SSSR count). The molecule has 3 aromatic rings. The number of aromatic nitrogens is 1. The van der Waals surface area contributed by atoms with Crippen molar-refractivity contribution in [2.24, 2.45) is 7.05 Å². The van der Waals surface area contributed by atoms with Crippen LogP contribution >= 0.6 is 0 Å². The Labute approximate surface area is 187 Å². The van der Waals surface area contributed by atoms with Gasteiger partial charge in [-0.25, -0.2) is 4.39 Å². The second kappa shape index (κ2) is 9.42. The lowest BCUT2D eigenvalue weighted by atomic mass is 10.1. The lowest BCUT2D eigenvalue weighted by molar-refractivity contribution is -0.134. The fourth-order valence-corrected chi connectivity index (χ4v) is 4.18. The van der Waals surface area contributed by atoms with Crippen LogP contribution in [0.4, 0.5) is 4.39 Å². The molecule has 32 heavy (non-hydrogen) atoms. The normalized spacial score (nSPS) is 13.9. The van der Waals surface area contributed by atoms with E-state index < -0.39 is 0 Å². The molecule has 1 saturated heterocycles. The number of amides is 2. The summed E-state index contributed by atoms with van der Waals surface area (Å²) in [5.74, 6) is 0.0302. The first-order valence-electron chi connectivity index (χ1n) is 11.0. The average molecular weight is 438 g/mol. The van der Waals surface area contributed by atoms with Crippen molar-refractivity contribution in [1.82, 2.24) is 14.8 Å². The largest absolute Gasteiger partial charge is 0.484 e. The van der Waals surface area contributed by atoms with Gasteiger partial charge in [-0.05, 0) is 62.1 Å². The Kier molecular flexibility index (Phi) is 6.44. The highest BCUT2D eigenvalue weighted by Gasteiger charge is 2.20. The maximum Gasteiger partial charge on any atom is 0.260 e. The molecule has 1 fully saturated rings. The lowest BCUT2D eigenvalue weighted by Gasteiger charge is -2.26. The molecular formula is C25H28FN3O3. The number of fused-ring (bicyclic) bond motifs is 1. The van der Waals surface area contributed by atoms with Gasteiger partial charge in [0.25, 0.3) is 11.8 Å². The number of hydrogen-bond acceptors (Lipinski definition) is 3. The molecule has 1 aromatic heterocycles. The monoisotopic (exact) mass is 437 g/mol. The highest BCUT2D eigenvalue weighted by Crippen LogP contribution is 2.29. The van der Waals surface area contributed by atoms with Crippen molar-refractivity contribution in [2.75, 3.05) is 19.7 Å². The molecular weight excluding hydrogens is 409 g/mol. The minimum absolute atomic E-state index is 0.00805. The van der Waals surface area contributed by atoms with E-state index in [0.29, 0.717) is 17.9 Å². The topological polar surface area (TPSA) is 63.6 Å². The number of benzene rings is 2. The molecule has 2 amide bonds. The van der Waals surface area contributed by atoms with E-state index in [0.717, 1.165) is 48.1 Å². The van der Waals surface area contributed by atoms with Gasteiger partial charge in [0.15, 0.2) is 6.61 Å². The Balaban J connectivity index is 1.50. The van der Waals surface area contributed by atoms with Crippen LogP contribution in [0, 0.1) is 12.7 Å². The SMILES string of the molecule is Cc1c(C(=O)NCc2ccc(F)cc2)c2cc(OCC(=O)N3CCCCC3)ccc2n1C. The molecule has 1 aliphatic rings. The van der Waals surface area contributed by atoms with Crippen molar-refractivity contribution in [3.63, 3.8) is 0 Å². The number of carbonyl (C=O) groups excluding carboxylic acids is 2. The standard InChI is InChI=1S/C25H28FN3O3/c1-17-24(25(31)27-15-18-6-8-19(26)9-7-18)21-14-20(10-11-22(21)28(17)2)32-16-23(30)29-12-4-3-5-13-29/h6-11,14H,3-5,12-13,15-16H2,1-2H3,(H,27,31). The molecule has 7 heteroatoms. The van der Waals surface area contributed by atoms with Crippen molar-refractivity contribution >= 4 is 22.7 Å². The summed E-state index contributed by atoms with van der Waals surface area (Å²) >= 11 is 0. The molecule has 2 aromatic carbocycles. The summed E-state index contributed by atoms with van der Waals surface area (Å²) in [5.41, 5.74) is 3.12. The number of nitrogens with one attached hydrogen (secondary N) is 1. The van der Waals surface area contributed by atoms with E-state index in [2.05, 4.69) is 5.32 Å². The highest BCUT2D eigenvalue weighted by molar-refractivity contribution is 6.08. The van der Waals surface area contributed by atoms with Crippen LogP contribution in [-0.2, 0) is 18.4 Å². The molecule has 0 unspecified atom stereocenters. The Bertz CT molecular complexity index is 1130. The molecule has 0 radical (unpaired) electrons. The minimum Gasteiger partial charge on any atom is -0.484 e. The number of ether oxygens (including phenoxy) is 1. The van der Waals surface area contributed by atoms with Crippen LogP contribution in [0.1, 0.15) is 40.9 Å². The van der Waals surface area contributed by atoms with Crippen LogP contribution in [0.3, 0.4) is 0 Å². The van der Waals surface area contributed by atoms with Crippen LogP contribution in [0.5, 0.6) is 5.75 Å². The van der Waals surface area contributed by atoms with Crippen molar-refractivity contribution in [3.05, 3.63) is 65.1 Å². The van der Waals surface area contributed by atoms with E-state index in [1.807, 2.05) is 41.6 Å². The second-order valence-electron chi connectivity index (χ2n) is 8.24. The van der Waals surface area contributed by atoms with E-state index in [9.17, 15) is 14.0 Å². The van der Waals surface area contributed by atoms with Gasteiger partial charge >= 0.3 is 0 Å². The smallest absolute Gasteiger partial charge is 0.260 e. The molecule has 1 N–H and O–H groups in total. The molecule has 6 nitrogen and oxygen atoms in total. The van der Waals surface area contributed by atoms with Crippen LogP contribution in [0.25, 0.3) is 10.9 Å². The van der Waals surface area contributed by atoms with Crippen LogP contribution in [0.15, 0.2) is 42.5 Å². The number of likely N-dealkylation sites (tertiary alicyclic amines) is 1. The van der Waals surface area contributed by atoms with E-state index in [-0.39, 0.29) is 24.2 Å². The Morgan fingerprint density at radius 3 is 2.50 bits per heavy atom. The third-order valence-electron chi connectivity index (χ3n) is 6.13. The summed E-state index contributed by atoms with van der Waals surface area (Å²) in [6.45, 7) is 3.76. The van der Waals surface area contributed by atoms with Gasteiger partial charge in [0.1, 0.15) is 11.6 Å². The van der Waals surface area contributed by atoms with Gasteiger partial charge < -0.3 is 19.5 Å². The van der Waals surface area contributed by atoms with Crippen molar-refractivity contribution < 1.29 is 18.7 Å². The summed E-state index contributed by atoms with van der Waals surface area (Å²) in [5, 5.41) is 3.69. The maximum atomic E-state index is 13.1. The first-order chi connectivity index (χ1) is 15.4. The quantitative estimate of drug-likeness (QED) is 0.635. The van der Waals surface area contributed by atoms with Gasteiger partial charge in [0, 0.05) is 43.3 Å². The Morgan fingerprint density at radius 2 is 1.78 bits per heavy atom. The summed E-state index contributed by atoms with van der Waals surface area (Å²) < 4.78 is 20.9. The van der Waals surface area contributed by atoms with Crippen LogP contribution in [-0.4, -0.2) is 41.0 Å². The molecule has 168 valence electrons. The van der Waals surface area contributed by atoms with Crippen LogP contribution in [0.2, 0.25) is 0 Å². The predicted octanol–water partition coefficient (Wildman–Crippen LogP) is 3.95. The molecule has 1 aliphatic heterocycles. The Morgan fingerprint density at radius 1 is 1.06 bits per heavy atom. The summed E-state index contributed by atoms with van der Waals surface area (Å²) in [6.07, 6.45) is 3.25. The van der Waals surface area contributed by atoms with E-state index in [4.69, 9.17) is 4.74 Å². The van der Waals surface area contributed by atoms with Gasteiger partial charge in [-0.3, -0.25) is 9.59 Å². The number of piperidine rings is 1. The van der Waals surface area contributed by atoms with E-state index in [1.54, 1.807) is 12.1 Å². The van der Waals surface area contributed by atoms with Crippen molar-refractivity contribution in [3.8, 4) is 5.75 Å². The van der Waals surface area contributed by atoms with Gasteiger partial charge in [0.2, 0.25) is 0 Å². The van der Waals surface area contributed by atoms with Crippen LogP contribution < -0.4 is 10.1 Å². The number of aryl methyl sites for hydroxylation is 1. The highest BCUT2D eigenvalue weighted by atomic mass is 19.1. The number of carbonyl (C=O) groups is 2. The molecule has 0 saturated carbocycles. The summed E-state index contributed by atoms with van der Waals surface area (Å²) in [7, 11) is 1.91. The van der Waals surface area contributed by atoms with Crippen molar-refractivity contribution in [1.29, 1.82) is 0 Å². The van der Waals surface area contributed by atoms with Crippen molar-refractivity contribution in [2.45, 2.75) is 32.7 Å². The first kappa shape index (κ1) is 21.9. The fraction of sp³-hybridized carbons (Fsp3) is 0.360. The summed E-state index contributed by atoms with van der Waals surface area (Å²) in [4.78, 5) is 27.3. The third kappa shape index (κ3) is 4.61. The number of halogens is 1. The van der Waals surface area contributed by atoms with Gasteiger partial charge in [-0.2, -0.15) is 0 Å². The maximum absolute atomic E-state index is 13.1. The fourth-order valence-electron chi connectivity index (χ4n) is 4.18. The molecule has 0 bridgehead atoms. The molecule has 0 atom stereocenters. The predicted molar refractivity (Wildman–Crippen MR) is 121 cm³/mol. The average Bonchev–Trinajstić information content (AvgIpc) is 3.07. The molecule has 0 aliphatic carbocycles. The van der Waals surface area contributed by atoms with E-state index in [1.165, 1.54) is 18.6 Å². The molecule has 2 heterocycles. The third-order valence-corrected chi connectivity index (χ3v) is 6.13. The summed E-state index contributed by atoms with van der Waals surface area (Å²) in [6, 6.07) is 11.6. The number of nitrogens with zero attached hydrogens (tertiary/aromatic N) is 2. The minimum atomic E-state index is -0.309. The second-order valence-corrected chi connectivity index (χ2v) is 8.24.